The fourth-order valence-corrected chi connectivity index (χ4v) is 1.92. The van der Waals surface area contributed by atoms with E-state index >= 15 is 0 Å². The van der Waals surface area contributed by atoms with E-state index in [2.05, 4.69) is 0 Å². The Morgan fingerprint density at radius 3 is 2.50 bits per heavy atom. The zero-order valence-corrected chi connectivity index (χ0v) is 11.5. The second-order valence-electron chi connectivity index (χ2n) is 3.89. The van der Waals surface area contributed by atoms with Gasteiger partial charge in [-0.3, -0.25) is 10.1 Å². The summed E-state index contributed by atoms with van der Waals surface area (Å²) in [5.74, 6) is -0.527. The van der Waals surface area contributed by atoms with E-state index in [0.717, 1.165) is 0 Å². The van der Waals surface area contributed by atoms with Crippen molar-refractivity contribution in [3.8, 4) is 5.75 Å². The van der Waals surface area contributed by atoms with Crippen molar-refractivity contribution in [2.45, 2.75) is 6.61 Å². The van der Waals surface area contributed by atoms with E-state index < -0.39 is 10.7 Å². The van der Waals surface area contributed by atoms with E-state index in [1.807, 2.05) is 0 Å². The third-order valence-corrected chi connectivity index (χ3v) is 2.98. The molecule has 0 fully saturated rings. The molecule has 0 amide bonds. The highest BCUT2D eigenvalue weighted by Gasteiger charge is 2.16. The van der Waals surface area contributed by atoms with Gasteiger partial charge < -0.3 is 4.74 Å². The average molecular weight is 316 g/mol. The van der Waals surface area contributed by atoms with E-state index in [1.165, 1.54) is 36.4 Å². The van der Waals surface area contributed by atoms with Gasteiger partial charge in [0.15, 0.2) is 5.75 Å². The summed E-state index contributed by atoms with van der Waals surface area (Å²) >= 11 is 11.5. The number of ether oxygens (including phenoxy) is 1. The Kier molecular flexibility index (Phi) is 4.42. The van der Waals surface area contributed by atoms with Crippen LogP contribution in [0, 0.1) is 15.9 Å². The molecule has 0 aliphatic heterocycles. The van der Waals surface area contributed by atoms with Gasteiger partial charge in [-0.05, 0) is 24.3 Å². The molecule has 0 saturated carbocycles. The third kappa shape index (κ3) is 3.37. The Balaban J connectivity index is 2.24. The summed E-state index contributed by atoms with van der Waals surface area (Å²) in [5, 5.41) is 11.5. The summed E-state index contributed by atoms with van der Waals surface area (Å²) in [6, 6.07) is 7.92. The van der Waals surface area contributed by atoms with Crippen LogP contribution in [0.1, 0.15) is 5.56 Å². The molecule has 2 aromatic carbocycles. The molecule has 0 spiro atoms. The van der Waals surface area contributed by atoms with Gasteiger partial charge in [-0.2, -0.15) is 0 Å². The highest BCUT2D eigenvalue weighted by atomic mass is 35.5. The maximum absolute atomic E-state index is 13.5. The molecule has 4 nitrogen and oxygen atoms in total. The second kappa shape index (κ2) is 6.07. The van der Waals surface area contributed by atoms with Crippen molar-refractivity contribution in [2.24, 2.45) is 0 Å². The fraction of sp³-hybridized carbons (Fsp3) is 0.0769. The average Bonchev–Trinajstić information content (AvgIpc) is 2.39. The first-order valence-corrected chi connectivity index (χ1v) is 6.23. The van der Waals surface area contributed by atoms with E-state index in [0.29, 0.717) is 5.02 Å². The summed E-state index contributed by atoms with van der Waals surface area (Å²) in [5.41, 5.74) is -0.0383. The predicted octanol–water partition coefficient (Wildman–Crippen LogP) is 4.62. The first kappa shape index (κ1) is 14.6. The van der Waals surface area contributed by atoms with Gasteiger partial charge in [-0.25, -0.2) is 4.39 Å². The molecule has 2 aromatic rings. The Hall–Kier alpha value is -1.85. The normalized spacial score (nSPS) is 10.3. The Labute approximate surface area is 123 Å². The van der Waals surface area contributed by atoms with Crippen LogP contribution >= 0.6 is 23.2 Å². The van der Waals surface area contributed by atoms with Gasteiger partial charge in [0.2, 0.25) is 0 Å². The monoisotopic (exact) mass is 315 g/mol. The van der Waals surface area contributed by atoms with Crippen molar-refractivity contribution in [3.05, 3.63) is 67.9 Å². The Morgan fingerprint density at radius 2 is 1.80 bits per heavy atom. The van der Waals surface area contributed by atoms with Crippen LogP contribution in [0.3, 0.4) is 0 Å². The number of nitro benzene ring substituents is 1. The van der Waals surface area contributed by atoms with Gasteiger partial charge in [0.25, 0.3) is 0 Å². The van der Waals surface area contributed by atoms with Crippen molar-refractivity contribution in [2.75, 3.05) is 0 Å². The van der Waals surface area contributed by atoms with Crippen LogP contribution in [0.4, 0.5) is 10.1 Å². The molecule has 0 aliphatic carbocycles. The number of rotatable bonds is 4. The highest BCUT2D eigenvalue weighted by Crippen LogP contribution is 2.30. The summed E-state index contributed by atoms with van der Waals surface area (Å²) in [4.78, 5) is 10.3. The van der Waals surface area contributed by atoms with Crippen LogP contribution in [0.25, 0.3) is 0 Å². The summed E-state index contributed by atoms with van der Waals surface area (Å²) in [6.45, 7) is -0.187. The maximum Gasteiger partial charge on any atom is 0.311 e. The standard InChI is InChI=1S/C13H8Cl2FNO3/c14-9-1-3-11(16)8(5-9)7-20-13-6-10(15)2-4-12(13)17(18)19/h1-6H,7H2. The Morgan fingerprint density at radius 1 is 1.15 bits per heavy atom. The zero-order chi connectivity index (χ0) is 14.7. The molecule has 7 heteroatoms. The molecule has 0 N–H and O–H groups in total. The second-order valence-corrected chi connectivity index (χ2v) is 4.77. The van der Waals surface area contributed by atoms with Crippen LogP contribution in [0.15, 0.2) is 36.4 Å². The molecule has 0 saturated heterocycles. The van der Waals surface area contributed by atoms with Crippen LogP contribution < -0.4 is 4.74 Å². The zero-order valence-electron chi connectivity index (χ0n) is 9.98. The van der Waals surface area contributed by atoms with Crippen LogP contribution in [0.2, 0.25) is 10.0 Å². The lowest BCUT2D eigenvalue weighted by Gasteiger charge is -2.08. The van der Waals surface area contributed by atoms with Gasteiger partial charge >= 0.3 is 5.69 Å². The van der Waals surface area contributed by atoms with Crippen molar-refractivity contribution >= 4 is 28.9 Å². The summed E-state index contributed by atoms with van der Waals surface area (Å²) in [7, 11) is 0. The minimum Gasteiger partial charge on any atom is -0.482 e. The van der Waals surface area contributed by atoms with Crippen molar-refractivity contribution in [1.29, 1.82) is 0 Å². The van der Waals surface area contributed by atoms with Crippen molar-refractivity contribution in [1.82, 2.24) is 0 Å². The van der Waals surface area contributed by atoms with Gasteiger partial charge in [0.05, 0.1) is 4.92 Å². The van der Waals surface area contributed by atoms with E-state index in [-0.39, 0.29) is 28.6 Å². The molecule has 0 heterocycles. The van der Waals surface area contributed by atoms with E-state index in [9.17, 15) is 14.5 Å². The maximum atomic E-state index is 13.5. The molecular formula is C13H8Cl2FNO3. The van der Waals surface area contributed by atoms with E-state index in [4.69, 9.17) is 27.9 Å². The Bertz CT molecular complexity index is 664. The van der Waals surface area contributed by atoms with E-state index in [1.54, 1.807) is 0 Å². The van der Waals surface area contributed by atoms with Gasteiger partial charge in [-0.15, -0.1) is 0 Å². The van der Waals surface area contributed by atoms with Crippen LogP contribution in [0.5, 0.6) is 5.75 Å². The molecule has 2 rings (SSSR count). The first-order chi connectivity index (χ1) is 9.47. The minimum atomic E-state index is -0.597. The third-order valence-electron chi connectivity index (χ3n) is 2.51. The predicted molar refractivity (Wildman–Crippen MR) is 73.8 cm³/mol. The van der Waals surface area contributed by atoms with Crippen molar-refractivity contribution < 1.29 is 14.1 Å². The molecule has 0 aromatic heterocycles. The molecule has 20 heavy (non-hydrogen) atoms. The molecule has 0 radical (unpaired) electrons. The van der Waals surface area contributed by atoms with Crippen LogP contribution in [-0.4, -0.2) is 4.92 Å². The molecule has 0 aliphatic rings. The SMILES string of the molecule is O=[N+]([O-])c1ccc(Cl)cc1OCc1cc(Cl)ccc1F. The first-order valence-electron chi connectivity index (χ1n) is 5.48. The minimum absolute atomic E-state index is 0.0260. The molecule has 104 valence electrons. The lowest BCUT2D eigenvalue weighted by Crippen LogP contribution is -2.01. The smallest absolute Gasteiger partial charge is 0.311 e. The summed E-state index contributed by atoms with van der Waals surface area (Å²) < 4.78 is 18.8. The fourth-order valence-electron chi connectivity index (χ4n) is 1.56. The number of hydrogen-bond acceptors (Lipinski definition) is 3. The van der Waals surface area contributed by atoms with Crippen LogP contribution in [-0.2, 0) is 6.61 Å². The molecule has 0 unspecified atom stereocenters. The van der Waals surface area contributed by atoms with Gasteiger partial charge in [0.1, 0.15) is 12.4 Å². The lowest BCUT2D eigenvalue weighted by atomic mass is 10.2. The van der Waals surface area contributed by atoms with Gasteiger partial charge in [0, 0.05) is 27.7 Å². The highest BCUT2D eigenvalue weighted by molar-refractivity contribution is 6.31. The number of halogens is 3. The number of nitro groups is 1. The van der Waals surface area contributed by atoms with Gasteiger partial charge in [-0.1, -0.05) is 23.2 Å². The summed E-state index contributed by atoms with van der Waals surface area (Å²) in [6.07, 6.45) is 0. The molecular weight excluding hydrogens is 308 g/mol. The lowest BCUT2D eigenvalue weighted by molar-refractivity contribution is -0.385. The topological polar surface area (TPSA) is 52.4 Å². The van der Waals surface area contributed by atoms with Crippen molar-refractivity contribution in [3.63, 3.8) is 0 Å². The number of benzene rings is 2. The molecule has 0 atom stereocenters. The quantitative estimate of drug-likeness (QED) is 0.611. The number of nitrogens with zero attached hydrogens (tertiary/aromatic N) is 1. The number of hydrogen-bond donors (Lipinski definition) is 0. The molecule has 0 bridgehead atoms. The largest absolute Gasteiger partial charge is 0.482 e.